The summed E-state index contributed by atoms with van der Waals surface area (Å²) in [6.45, 7) is 6.08. The van der Waals surface area contributed by atoms with Crippen LogP contribution in [0.1, 0.15) is 25.1 Å². The first kappa shape index (κ1) is 11.8. The molecule has 0 aliphatic rings. The number of aryl methyl sites for hydroxylation is 1. The molecule has 1 aromatic heterocycles. The monoisotopic (exact) mass is 225 g/mol. The molecular formula is C10H15N3OS. The van der Waals surface area contributed by atoms with E-state index in [1.807, 2.05) is 13.0 Å². The van der Waals surface area contributed by atoms with Crippen LogP contribution in [0.15, 0.2) is 22.3 Å². The van der Waals surface area contributed by atoms with E-state index in [0.717, 1.165) is 10.7 Å². The van der Waals surface area contributed by atoms with Crippen molar-refractivity contribution < 1.29 is 5.21 Å². The summed E-state index contributed by atoms with van der Waals surface area (Å²) in [5, 5.41) is 12.9. The molecule has 82 valence electrons. The van der Waals surface area contributed by atoms with Crippen LogP contribution in [-0.4, -0.2) is 21.3 Å². The van der Waals surface area contributed by atoms with Gasteiger partial charge in [-0.2, -0.15) is 0 Å². The van der Waals surface area contributed by atoms with Gasteiger partial charge in [0, 0.05) is 16.5 Å². The summed E-state index contributed by atoms with van der Waals surface area (Å²) in [5.41, 5.74) is 7.09. The lowest BCUT2D eigenvalue weighted by molar-refractivity contribution is 0.318. The van der Waals surface area contributed by atoms with Crippen LogP contribution in [-0.2, 0) is 0 Å². The van der Waals surface area contributed by atoms with E-state index in [9.17, 15) is 0 Å². The van der Waals surface area contributed by atoms with Gasteiger partial charge in [-0.15, -0.1) is 11.8 Å². The van der Waals surface area contributed by atoms with E-state index in [2.05, 4.69) is 24.0 Å². The first-order valence-electron chi connectivity index (χ1n) is 4.66. The summed E-state index contributed by atoms with van der Waals surface area (Å²) >= 11 is 1.65. The van der Waals surface area contributed by atoms with Gasteiger partial charge in [0.15, 0.2) is 5.84 Å². The fourth-order valence-electron chi connectivity index (χ4n) is 1.15. The number of hydrogen-bond acceptors (Lipinski definition) is 4. The zero-order chi connectivity index (χ0) is 11.4. The second-order valence-electron chi connectivity index (χ2n) is 3.49. The lowest BCUT2D eigenvalue weighted by Gasteiger charge is -2.07. The molecular weight excluding hydrogens is 210 g/mol. The molecule has 1 rings (SSSR count). The molecule has 0 bridgehead atoms. The highest BCUT2D eigenvalue weighted by molar-refractivity contribution is 7.99. The van der Waals surface area contributed by atoms with Crippen LogP contribution in [0.4, 0.5) is 0 Å². The number of aromatic nitrogens is 1. The van der Waals surface area contributed by atoms with Crippen molar-refractivity contribution in [2.24, 2.45) is 10.9 Å². The standard InChI is InChI=1S/C10H15N3OS/c1-6(2)15-9-5-8(10(11)13-14)4-7(3)12-9/h4-6,14H,1-3H3,(H2,11,13). The van der Waals surface area contributed by atoms with Crippen molar-refractivity contribution >= 4 is 17.6 Å². The quantitative estimate of drug-likeness (QED) is 0.271. The minimum atomic E-state index is 0.117. The van der Waals surface area contributed by atoms with Crippen molar-refractivity contribution in [3.63, 3.8) is 0 Å². The molecule has 0 aliphatic carbocycles. The molecule has 1 aromatic rings. The molecule has 0 saturated heterocycles. The van der Waals surface area contributed by atoms with Crippen LogP contribution in [0.5, 0.6) is 0 Å². The molecule has 0 fully saturated rings. The van der Waals surface area contributed by atoms with Crippen molar-refractivity contribution in [2.45, 2.75) is 31.0 Å². The highest BCUT2D eigenvalue weighted by Gasteiger charge is 2.06. The van der Waals surface area contributed by atoms with Crippen molar-refractivity contribution in [3.05, 3.63) is 23.4 Å². The van der Waals surface area contributed by atoms with Gasteiger partial charge in [-0.1, -0.05) is 19.0 Å². The van der Waals surface area contributed by atoms with Crippen molar-refractivity contribution in [1.82, 2.24) is 4.98 Å². The third kappa shape index (κ3) is 3.43. The molecule has 0 amide bonds. The average molecular weight is 225 g/mol. The largest absolute Gasteiger partial charge is 0.409 e. The molecule has 0 unspecified atom stereocenters. The van der Waals surface area contributed by atoms with E-state index in [1.165, 1.54) is 0 Å². The van der Waals surface area contributed by atoms with E-state index < -0.39 is 0 Å². The summed E-state index contributed by atoms with van der Waals surface area (Å²) in [4.78, 5) is 4.36. The summed E-state index contributed by atoms with van der Waals surface area (Å²) < 4.78 is 0. The van der Waals surface area contributed by atoms with Gasteiger partial charge in [0.05, 0.1) is 5.03 Å². The van der Waals surface area contributed by atoms with Gasteiger partial charge < -0.3 is 10.9 Å². The number of nitrogens with two attached hydrogens (primary N) is 1. The van der Waals surface area contributed by atoms with Gasteiger partial charge in [0.2, 0.25) is 0 Å². The molecule has 0 spiro atoms. The third-order valence-corrected chi connectivity index (χ3v) is 2.61. The van der Waals surface area contributed by atoms with Crippen molar-refractivity contribution in [3.8, 4) is 0 Å². The lowest BCUT2D eigenvalue weighted by Crippen LogP contribution is -2.13. The van der Waals surface area contributed by atoms with Crippen LogP contribution in [0.25, 0.3) is 0 Å². The molecule has 0 aliphatic heterocycles. The number of nitrogens with zero attached hydrogens (tertiary/aromatic N) is 2. The van der Waals surface area contributed by atoms with Gasteiger partial charge in [-0.25, -0.2) is 4.98 Å². The number of hydrogen-bond donors (Lipinski definition) is 2. The Morgan fingerprint density at radius 1 is 1.53 bits per heavy atom. The Morgan fingerprint density at radius 3 is 2.73 bits per heavy atom. The fourth-order valence-corrected chi connectivity index (χ4v) is 2.02. The predicted octanol–water partition coefficient (Wildman–Crippen LogP) is 1.99. The number of oxime groups is 1. The normalized spacial score (nSPS) is 12.1. The maximum absolute atomic E-state index is 8.59. The van der Waals surface area contributed by atoms with Crippen LogP contribution in [0, 0.1) is 6.92 Å². The van der Waals surface area contributed by atoms with Gasteiger partial charge >= 0.3 is 0 Å². The highest BCUT2D eigenvalue weighted by Crippen LogP contribution is 2.22. The molecule has 5 heteroatoms. The van der Waals surface area contributed by atoms with Crippen molar-refractivity contribution in [2.75, 3.05) is 0 Å². The molecule has 3 N–H and O–H groups in total. The molecule has 0 aromatic carbocycles. The first-order valence-corrected chi connectivity index (χ1v) is 5.54. The Kier molecular flexibility index (Phi) is 3.96. The molecule has 0 radical (unpaired) electrons. The Labute approximate surface area is 93.6 Å². The van der Waals surface area contributed by atoms with E-state index in [4.69, 9.17) is 10.9 Å². The number of pyridine rings is 1. The van der Waals surface area contributed by atoms with E-state index >= 15 is 0 Å². The maximum Gasteiger partial charge on any atom is 0.170 e. The summed E-state index contributed by atoms with van der Waals surface area (Å²) in [6.07, 6.45) is 0. The second kappa shape index (κ2) is 5.02. The zero-order valence-electron chi connectivity index (χ0n) is 9.06. The Balaban J connectivity index is 3.05. The SMILES string of the molecule is Cc1cc(/C(N)=N/O)cc(SC(C)C)n1. The minimum absolute atomic E-state index is 0.117. The minimum Gasteiger partial charge on any atom is -0.409 e. The summed E-state index contributed by atoms with van der Waals surface area (Å²) in [6, 6.07) is 3.62. The third-order valence-electron chi connectivity index (χ3n) is 1.69. The Morgan fingerprint density at radius 2 is 2.20 bits per heavy atom. The smallest absolute Gasteiger partial charge is 0.170 e. The van der Waals surface area contributed by atoms with E-state index in [1.54, 1.807) is 17.8 Å². The average Bonchev–Trinajstić information content (AvgIpc) is 2.14. The molecule has 0 atom stereocenters. The number of amidine groups is 1. The highest BCUT2D eigenvalue weighted by atomic mass is 32.2. The Hall–Kier alpha value is -1.23. The molecule has 4 nitrogen and oxygen atoms in total. The second-order valence-corrected chi connectivity index (χ2v) is 5.08. The van der Waals surface area contributed by atoms with Gasteiger partial charge in [0.25, 0.3) is 0 Å². The van der Waals surface area contributed by atoms with Crippen LogP contribution < -0.4 is 5.73 Å². The number of thioether (sulfide) groups is 1. The number of rotatable bonds is 3. The zero-order valence-corrected chi connectivity index (χ0v) is 9.88. The summed E-state index contributed by atoms with van der Waals surface area (Å²) in [7, 11) is 0. The van der Waals surface area contributed by atoms with Gasteiger partial charge in [-0.05, 0) is 19.1 Å². The van der Waals surface area contributed by atoms with Gasteiger partial charge in [-0.3, -0.25) is 0 Å². The predicted molar refractivity (Wildman–Crippen MR) is 62.5 cm³/mol. The topological polar surface area (TPSA) is 71.5 Å². The molecule has 15 heavy (non-hydrogen) atoms. The molecule has 1 heterocycles. The van der Waals surface area contributed by atoms with Gasteiger partial charge in [0.1, 0.15) is 0 Å². The van der Waals surface area contributed by atoms with E-state index in [0.29, 0.717) is 10.8 Å². The van der Waals surface area contributed by atoms with Crippen molar-refractivity contribution in [1.29, 1.82) is 0 Å². The molecule has 0 saturated carbocycles. The maximum atomic E-state index is 8.59. The van der Waals surface area contributed by atoms with E-state index in [-0.39, 0.29) is 5.84 Å². The first-order chi connectivity index (χ1) is 7.02. The summed E-state index contributed by atoms with van der Waals surface area (Å²) in [5.74, 6) is 0.117. The fraction of sp³-hybridized carbons (Fsp3) is 0.400. The Bertz CT molecular complexity index is 377. The van der Waals surface area contributed by atoms with Crippen LogP contribution >= 0.6 is 11.8 Å². The lowest BCUT2D eigenvalue weighted by atomic mass is 10.2. The van der Waals surface area contributed by atoms with Crippen LogP contribution in [0.3, 0.4) is 0 Å². The van der Waals surface area contributed by atoms with Crippen LogP contribution in [0.2, 0.25) is 0 Å².